The Morgan fingerprint density at radius 1 is 1.50 bits per heavy atom. The Hall–Kier alpha value is -0.330. The summed E-state index contributed by atoms with van der Waals surface area (Å²) in [6, 6.07) is 0. The molecular formula is C7H10O. The second-order valence-electron chi connectivity index (χ2n) is 3.16. The zero-order chi connectivity index (χ0) is 5.61. The lowest BCUT2D eigenvalue weighted by atomic mass is 9.80. The van der Waals surface area contributed by atoms with Gasteiger partial charge in [-0.25, -0.2) is 0 Å². The SMILES string of the molecule is O=C[C@@H]1CC12CCC2. The van der Waals surface area contributed by atoms with Gasteiger partial charge in [0, 0.05) is 5.92 Å². The van der Waals surface area contributed by atoms with Gasteiger partial charge in [-0.1, -0.05) is 6.42 Å². The number of hydrogen-bond acceptors (Lipinski definition) is 1. The maximum Gasteiger partial charge on any atom is 0.123 e. The molecule has 2 aliphatic rings. The standard InChI is InChI=1S/C7H10O/c8-5-6-4-7(6)2-1-3-7/h5-6H,1-4H2/t6-/m0/s1. The summed E-state index contributed by atoms with van der Waals surface area (Å²) < 4.78 is 0. The van der Waals surface area contributed by atoms with Crippen molar-refractivity contribution in [1.82, 2.24) is 0 Å². The van der Waals surface area contributed by atoms with Crippen molar-refractivity contribution in [2.24, 2.45) is 11.3 Å². The van der Waals surface area contributed by atoms with Crippen LogP contribution in [0.3, 0.4) is 0 Å². The van der Waals surface area contributed by atoms with E-state index in [9.17, 15) is 4.79 Å². The molecule has 2 saturated carbocycles. The molecule has 0 bridgehead atoms. The normalized spacial score (nSPS) is 38.8. The fourth-order valence-corrected chi connectivity index (χ4v) is 1.78. The molecule has 2 fully saturated rings. The third kappa shape index (κ3) is 0.355. The van der Waals surface area contributed by atoms with Gasteiger partial charge in [-0.2, -0.15) is 0 Å². The van der Waals surface area contributed by atoms with Gasteiger partial charge in [0.15, 0.2) is 0 Å². The fourth-order valence-electron chi connectivity index (χ4n) is 1.78. The van der Waals surface area contributed by atoms with Gasteiger partial charge in [0.2, 0.25) is 0 Å². The van der Waals surface area contributed by atoms with E-state index in [1.165, 1.54) is 25.7 Å². The number of carbonyl (C=O) groups excluding carboxylic acids is 1. The first-order chi connectivity index (χ1) is 3.87. The van der Waals surface area contributed by atoms with Gasteiger partial charge in [-0.3, -0.25) is 0 Å². The quantitative estimate of drug-likeness (QED) is 0.466. The molecule has 44 valence electrons. The topological polar surface area (TPSA) is 17.1 Å². The summed E-state index contributed by atoms with van der Waals surface area (Å²) in [4.78, 5) is 10.2. The van der Waals surface area contributed by atoms with E-state index in [1.54, 1.807) is 0 Å². The van der Waals surface area contributed by atoms with E-state index in [-0.39, 0.29) is 0 Å². The minimum absolute atomic E-state index is 0.469. The van der Waals surface area contributed by atoms with Gasteiger partial charge >= 0.3 is 0 Å². The largest absolute Gasteiger partial charge is 0.303 e. The van der Waals surface area contributed by atoms with Crippen molar-refractivity contribution < 1.29 is 4.79 Å². The van der Waals surface area contributed by atoms with E-state index in [4.69, 9.17) is 0 Å². The average Bonchev–Trinajstić information content (AvgIpc) is 2.36. The number of carbonyl (C=O) groups is 1. The molecule has 8 heavy (non-hydrogen) atoms. The van der Waals surface area contributed by atoms with Gasteiger partial charge in [0.05, 0.1) is 0 Å². The molecule has 1 spiro atoms. The predicted molar refractivity (Wildman–Crippen MR) is 30.5 cm³/mol. The molecule has 2 aliphatic carbocycles. The molecule has 1 nitrogen and oxygen atoms in total. The van der Waals surface area contributed by atoms with Crippen molar-refractivity contribution in [2.75, 3.05) is 0 Å². The number of aldehydes is 1. The molecule has 0 heterocycles. The molecule has 0 aromatic carbocycles. The van der Waals surface area contributed by atoms with Gasteiger partial charge in [-0.15, -0.1) is 0 Å². The summed E-state index contributed by atoms with van der Waals surface area (Å²) in [6.45, 7) is 0. The summed E-state index contributed by atoms with van der Waals surface area (Å²) >= 11 is 0. The van der Waals surface area contributed by atoms with Crippen molar-refractivity contribution in [1.29, 1.82) is 0 Å². The number of hydrogen-bond donors (Lipinski definition) is 0. The Balaban J connectivity index is 2.02. The lowest BCUT2D eigenvalue weighted by Crippen LogP contribution is -2.14. The Labute approximate surface area is 49.1 Å². The maximum absolute atomic E-state index is 10.2. The van der Waals surface area contributed by atoms with Crippen molar-refractivity contribution in [3.63, 3.8) is 0 Å². The van der Waals surface area contributed by atoms with Gasteiger partial charge in [0.25, 0.3) is 0 Å². The van der Waals surface area contributed by atoms with Crippen LogP contribution in [-0.2, 0) is 4.79 Å². The first kappa shape index (κ1) is 4.54. The molecule has 1 atom stereocenters. The Bertz CT molecular complexity index is 124. The summed E-state index contributed by atoms with van der Waals surface area (Å²) in [6.07, 6.45) is 6.37. The van der Waals surface area contributed by atoms with E-state index < -0.39 is 0 Å². The fraction of sp³-hybridized carbons (Fsp3) is 0.857. The first-order valence-corrected chi connectivity index (χ1v) is 3.33. The molecule has 0 aromatic rings. The van der Waals surface area contributed by atoms with Crippen LogP contribution in [-0.4, -0.2) is 6.29 Å². The molecule has 0 N–H and O–H groups in total. The smallest absolute Gasteiger partial charge is 0.123 e. The zero-order valence-corrected chi connectivity index (χ0v) is 4.89. The molecular weight excluding hydrogens is 100 g/mol. The lowest BCUT2D eigenvalue weighted by molar-refractivity contribution is -0.109. The van der Waals surface area contributed by atoms with Crippen LogP contribution in [0, 0.1) is 11.3 Å². The molecule has 0 aliphatic heterocycles. The van der Waals surface area contributed by atoms with Crippen LogP contribution in [0.4, 0.5) is 0 Å². The Kier molecular flexibility index (Phi) is 0.651. The highest BCUT2D eigenvalue weighted by Gasteiger charge is 2.57. The van der Waals surface area contributed by atoms with Crippen LogP contribution in [0.25, 0.3) is 0 Å². The van der Waals surface area contributed by atoms with Gasteiger partial charge < -0.3 is 4.79 Å². The highest BCUT2D eigenvalue weighted by molar-refractivity contribution is 5.60. The Morgan fingerprint density at radius 3 is 2.38 bits per heavy atom. The van der Waals surface area contributed by atoms with Crippen LogP contribution in [0.1, 0.15) is 25.7 Å². The third-order valence-electron chi connectivity index (χ3n) is 2.77. The summed E-state index contributed by atoms with van der Waals surface area (Å²) in [5.74, 6) is 0.469. The van der Waals surface area contributed by atoms with Crippen molar-refractivity contribution in [3.8, 4) is 0 Å². The van der Waals surface area contributed by atoms with Crippen LogP contribution in [0.15, 0.2) is 0 Å². The van der Waals surface area contributed by atoms with Gasteiger partial charge in [-0.05, 0) is 24.7 Å². The molecule has 1 heteroatoms. The lowest BCUT2D eigenvalue weighted by Gasteiger charge is -2.25. The second-order valence-corrected chi connectivity index (χ2v) is 3.16. The van der Waals surface area contributed by atoms with E-state index in [1.807, 2.05) is 0 Å². The second kappa shape index (κ2) is 1.15. The van der Waals surface area contributed by atoms with Crippen molar-refractivity contribution >= 4 is 6.29 Å². The molecule has 0 radical (unpaired) electrons. The van der Waals surface area contributed by atoms with E-state index in [2.05, 4.69) is 0 Å². The molecule has 0 aromatic heterocycles. The molecule has 0 saturated heterocycles. The highest BCUT2D eigenvalue weighted by Crippen LogP contribution is 2.64. The minimum atomic E-state index is 0.469. The van der Waals surface area contributed by atoms with Crippen molar-refractivity contribution in [3.05, 3.63) is 0 Å². The van der Waals surface area contributed by atoms with Crippen LogP contribution >= 0.6 is 0 Å². The molecule has 0 amide bonds. The van der Waals surface area contributed by atoms with Crippen LogP contribution in [0.5, 0.6) is 0 Å². The van der Waals surface area contributed by atoms with Crippen LogP contribution in [0.2, 0.25) is 0 Å². The Morgan fingerprint density at radius 2 is 2.25 bits per heavy atom. The highest BCUT2D eigenvalue weighted by atomic mass is 16.1. The number of rotatable bonds is 1. The molecule has 0 unspecified atom stereocenters. The predicted octanol–water partition coefficient (Wildman–Crippen LogP) is 1.38. The first-order valence-electron chi connectivity index (χ1n) is 3.33. The van der Waals surface area contributed by atoms with Crippen molar-refractivity contribution in [2.45, 2.75) is 25.7 Å². The third-order valence-corrected chi connectivity index (χ3v) is 2.77. The van der Waals surface area contributed by atoms with Crippen LogP contribution < -0.4 is 0 Å². The van der Waals surface area contributed by atoms with E-state index in [0.717, 1.165) is 6.29 Å². The summed E-state index contributed by atoms with van der Waals surface area (Å²) in [5.41, 5.74) is 0.571. The molecule has 2 rings (SSSR count). The average molecular weight is 110 g/mol. The van der Waals surface area contributed by atoms with E-state index >= 15 is 0 Å². The zero-order valence-electron chi connectivity index (χ0n) is 4.89. The van der Waals surface area contributed by atoms with E-state index in [0.29, 0.717) is 11.3 Å². The monoisotopic (exact) mass is 110 g/mol. The maximum atomic E-state index is 10.2. The summed E-state index contributed by atoms with van der Waals surface area (Å²) in [5, 5.41) is 0. The summed E-state index contributed by atoms with van der Waals surface area (Å²) in [7, 11) is 0. The van der Waals surface area contributed by atoms with Gasteiger partial charge in [0.1, 0.15) is 6.29 Å². The minimum Gasteiger partial charge on any atom is -0.303 e.